The number of amides is 3. The summed E-state index contributed by atoms with van der Waals surface area (Å²) in [6.45, 7) is 6.81. The zero-order valence-corrected chi connectivity index (χ0v) is 15.9. The largest absolute Gasteiger partial charge is 0.496 e. The number of hydrogen-bond donors (Lipinski definition) is 1. The number of methoxy groups -OCH3 is 1. The molecule has 0 aromatic heterocycles. The molecule has 0 saturated carbocycles. The van der Waals surface area contributed by atoms with Crippen LogP contribution in [-0.2, 0) is 0 Å². The highest BCUT2D eigenvalue weighted by Gasteiger charge is 2.25. The molecule has 3 amide bonds. The van der Waals surface area contributed by atoms with Gasteiger partial charge in [0.05, 0.1) is 12.7 Å². The third-order valence-electron chi connectivity index (χ3n) is 4.31. The third kappa shape index (κ3) is 4.78. The van der Waals surface area contributed by atoms with E-state index in [1.807, 2.05) is 13.8 Å². The maximum Gasteiger partial charge on any atom is 0.317 e. The van der Waals surface area contributed by atoms with E-state index in [0.717, 1.165) is 18.4 Å². The molecule has 1 saturated heterocycles. The fraction of sp³-hybridized carbons (Fsp3) is 0.556. The highest BCUT2D eigenvalue weighted by atomic mass is 35.5. The fourth-order valence-corrected chi connectivity index (χ4v) is 2.99. The van der Waals surface area contributed by atoms with Crippen molar-refractivity contribution in [2.24, 2.45) is 0 Å². The zero-order valence-electron chi connectivity index (χ0n) is 15.1. The molecule has 1 aromatic carbocycles. The minimum atomic E-state index is -0.116. The summed E-state index contributed by atoms with van der Waals surface area (Å²) in [5.41, 5.74) is 1.33. The highest BCUT2D eigenvalue weighted by molar-refractivity contribution is 6.31. The SMILES string of the molecule is CCCNC(=O)N1CCCN(C(=O)c2cc(Cl)c(C)cc2OC)CC1. The van der Waals surface area contributed by atoms with Crippen LogP contribution in [0, 0.1) is 6.92 Å². The molecule has 0 atom stereocenters. The van der Waals surface area contributed by atoms with Gasteiger partial charge in [0.2, 0.25) is 0 Å². The number of benzene rings is 1. The van der Waals surface area contributed by atoms with E-state index in [2.05, 4.69) is 5.32 Å². The smallest absolute Gasteiger partial charge is 0.317 e. The van der Waals surface area contributed by atoms with Gasteiger partial charge < -0.3 is 19.9 Å². The highest BCUT2D eigenvalue weighted by Crippen LogP contribution is 2.28. The number of halogens is 1. The summed E-state index contributed by atoms with van der Waals surface area (Å²) in [5, 5.41) is 3.42. The summed E-state index contributed by atoms with van der Waals surface area (Å²) in [4.78, 5) is 28.6. The predicted molar refractivity (Wildman–Crippen MR) is 98.5 cm³/mol. The monoisotopic (exact) mass is 367 g/mol. The van der Waals surface area contributed by atoms with Gasteiger partial charge in [-0.1, -0.05) is 18.5 Å². The molecular formula is C18H26ClN3O3. The average Bonchev–Trinajstić information content (AvgIpc) is 2.87. The summed E-state index contributed by atoms with van der Waals surface area (Å²) in [7, 11) is 1.54. The van der Waals surface area contributed by atoms with E-state index in [1.54, 1.807) is 29.0 Å². The lowest BCUT2D eigenvalue weighted by Gasteiger charge is -2.23. The Hall–Kier alpha value is -1.95. The molecule has 0 radical (unpaired) electrons. The van der Waals surface area contributed by atoms with Gasteiger partial charge in [-0.05, 0) is 37.5 Å². The topological polar surface area (TPSA) is 61.9 Å². The number of nitrogens with zero attached hydrogens (tertiary/aromatic N) is 2. The predicted octanol–water partition coefficient (Wildman–Crippen LogP) is 2.92. The number of aryl methyl sites for hydroxylation is 1. The lowest BCUT2D eigenvalue weighted by Crippen LogP contribution is -2.42. The molecule has 0 unspecified atom stereocenters. The van der Waals surface area contributed by atoms with Crippen molar-refractivity contribution in [3.05, 3.63) is 28.3 Å². The van der Waals surface area contributed by atoms with Crippen molar-refractivity contribution in [2.75, 3.05) is 39.8 Å². The van der Waals surface area contributed by atoms with Gasteiger partial charge >= 0.3 is 6.03 Å². The first-order valence-electron chi connectivity index (χ1n) is 8.64. The molecule has 2 rings (SSSR count). The van der Waals surface area contributed by atoms with Crippen molar-refractivity contribution < 1.29 is 14.3 Å². The minimum absolute atomic E-state index is 0.0629. The fourth-order valence-electron chi connectivity index (χ4n) is 2.83. The van der Waals surface area contributed by atoms with Gasteiger partial charge in [0.25, 0.3) is 5.91 Å². The van der Waals surface area contributed by atoms with Gasteiger partial charge in [0.15, 0.2) is 0 Å². The number of carbonyl (C=O) groups excluding carboxylic acids is 2. The Kier molecular flexibility index (Phi) is 6.93. The van der Waals surface area contributed by atoms with Gasteiger partial charge in [0.1, 0.15) is 5.75 Å². The molecule has 6 nitrogen and oxygen atoms in total. The first kappa shape index (κ1) is 19.4. The summed E-state index contributed by atoms with van der Waals surface area (Å²) >= 11 is 6.18. The molecule has 0 aliphatic carbocycles. The van der Waals surface area contributed by atoms with Crippen molar-refractivity contribution in [2.45, 2.75) is 26.7 Å². The molecule has 1 heterocycles. The summed E-state index contributed by atoms with van der Waals surface area (Å²) in [6, 6.07) is 3.37. The molecule has 25 heavy (non-hydrogen) atoms. The number of rotatable bonds is 4. The molecule has 1 fully saturated rings. The molecule has 0 bridgehead atoms. The van der Waals surface area contributed by atoms with Crippen LogP contribution in [0.15, 0.2) is 12.1 Å². The Bertz CT molecular complexity index is 636. The van der Waals surface area contributed by atoms with Crippen LogP contribution in [-0.4, -0.2) is 61.6 Å². The van der Waals surface area contributed by atoms with E-state index >= 15 is 0 Å². The maximum absolute atomic E-state index is 12.9. The molecule has 1 aliphatic heterocycles. The number of carbonyl (C=O) groups is 2. The van der Waals surface area contributed by atoms with Crippen LogP contribution in [0.5, 0.6) is 5.75 Å². The van der Waals surface area contributed by atoms with Crippen molar-refractivity contribution >= 4 is 23.5 Å². The molecule has 0 spiro atoms. The van der Waals surface area contributed by atoms with E-state index in [0.29, 0.717) is 49.1 Å². The van der Waals surface area contributed by atoms with E-state index < -0.39 is 0 Å². The van der Waals surface area contributed by atoms with E-state index in [9.17, 15) is 9.59 Å². The number of hydrogen-bond acceptors (Lipinski definition) is 3. The zero-order chi connectivity index (χ0) is 18.4. The number of urea groups is 1. The molecule has 1 N–H and O–H groups in total. The Labute approximate surface area is 154 Å². The van der Waals surface area contributed by atoms with Gasteiger partial charge in [0, 0.05) is 37.7 Å². The van der Waals surface area contributed by atoms with Crippen LogP contribution >= 0.6 is 11.6 Å². The van der Waals surface area contributed by atoms with Gasteiger partial charge in [-0.15, -0.1) is 0 Å². The standard InChI is InChI=1S/C18H26ClN3O3/c1-4-6-20-18(24)22-8-5-7-21(9-10-22)17(23)14-12-15(19)13(2)11-16(14)25-3/h11-12H,4-10H2,1-3H3,(H,20,24). The quantitative estimate of drug-likeness (QED) is 0.890. The molecular weight excluding hydrogens is 342 g/mol. The van der Waals surface area contributed by atoms with Crippen LogP contribution < -0.4 is 10.1 Å². The van der Waals surface area contributed by atoms with Crippen molar-refractivity contribution in [1.82, 2.24) is 15.1 Å². The number of nitrogens with one attached hydrogen (secondary N) is 1. The first-order chi connectivity index (χ1) is 12.0. The van der Waals surface area contributed by atoms with Crippen molar-refractivity contribution in [1.29, 1.82) is 0 Å². The Morgan fingerprint density at radius 1 is 1.20 bits per heavy atom. The molecule has 1 aromatic rings. The minimum Gasteiger partial charge on any atom is -0.496 e. The van der Waals surface area contributed by atoms with Gasteiger partial charge in [-0.3, -0.25) is 4.79 Å². The second-order valence-electron chi connectivity index (χ2n) is 6.17. The second kappa shape index (κ2) is 8.94. The van der Waals surface area contributed by atoms with Crippen molar-refractivity contribution in [3.63, 3.8) is 0 Å². The van der Waals surface area contributed by atoms with Crippen LogP contribution in [0.25, 0.3) is 0 Å². The third-order valence-corrected chi connectivity index (χ3v) is 4.71. The van der Waals surface area contributed by atoms with Crippen LogP contribution in [0.2, 0.25) is 5.02 Å². The molecule has 1 aliphatic rings. The Morgan fingerprint density at radius 3 is 2.56 bits per heavy atom. The molecule has 7 heteroatoms. The first-order valence-corrected chi connectivity index (χ1v) is 9.02. The summed E-state index contributed by atoms with van der Waals surface area (Å²) in [5.74, 6) is 0.406. The maximum atomic E-state index is 12.9. The normalized spacial score (nSPS) is 14.9. The van der Waals surface area contributed by atoms with E-state index in [-0.39, 0.29) is 11.9 Å². The lowest BCUT2D eigenvalue weighted by molar-refractivity contribution is 0.0759. The Balaban J connectivity index is 2.08. The summed E-state index contributed by atoms with van der Waals surface area (Å²) in [6.07, 6.45) is 1.64. The second-order valence-corrected chi connectivity index (χ2v) is 6.57. The van der Waals surface area contributed by atoms with E-state index in [1.165, 1.54) is 0 Å². The van der Waals surface area contributed by atoms with Crippen LogP contribution in [0.4, 0.5) is 4.79 Å². The summed E-state index contributed by atoms with van der Waals surface area (Å²) < 4.78 is 5.35. The molecule has 138 valence electrons. The van der Waals surface area contributed by atoms with Crippen LogP contribution in [0.3, 0.4) is 0 Å². The van der Waals surface area contributed by atoms with Crippen molar-refractivity contribution in [3.8, 4) is 5.75 Å². The number of ether oxygens (including phenoxy) is 1. The van der Waals surface area contributed by atoms with Crippen LogP contribution in [0.1, 0.15) is 35.7 Å². The van der Waals surface area contributed by atoms with E-state index in [4.69, 9.17) is 16.3 Å². The van der Waals surface area contributed by atoms with Gasteiger partial charge in [-0.25, -0.2) is 4.79 Å². The average molecular weight is 368 g/mol. The Morgan fingerprint density at radius 2 is 1.88 bits per heavy atom. The van der Waals surface area contributed by atoms with Gasteiger partial charge in [-0.2, -0.15) is 0 Å². The lowest BCUT2D eigenvalue weighted by atomic mass is 10.1.